The quantitative estimate of drug-likeness (QED) is 0.467. The minimum atomic E-state index is 0.166. The Kier molecular flexibility index (Phi) is 4.24. The highest BCUT2D eigenvalue weighted by molar-refractivity contribution is 8.00. The Morgan fingerprint density at radius 2 is 1.67 bits per heavy atom. The Balaban J connectivity index is 1.54. The molecule has 3 aromatic rings. The van der Waals surface area contributed by atoms with E-state index < -0.39 is 0 Å². The van der Waals surface area contributed by atoms with Crippen molar-refractivity contribution in [1.29, 1.82) is 0 Å². The zero-order valence-corrected chi connectivity index (χ0v) is 15.6. The third kappa shape index (κ3) is 2.96. The second kappa shape index (κ2) is 6.89. The van der Waals surface area contributed by atoms with Crippen molar-refractivity contribution in [1.82, 2.24) is 4.98 Å². The van der Waals surface area contributed by atoms with Gasteiger partial charge < -0.3 is 9.62 Å². The fourth-order valence-corrected chi connectivity index (χ4v) is 5.66. The lowest BCUT2D eigenvalue weighted by molar-refractivity contribution is 0.313. The first-order valence-corrected chi connectivity index (χ1v) is 10.2. The average Bonchev–Trinajstić information content (AvgIpc) is 3.44. The van der Waals surface area contributed by atoms with Crippen LogP contribution in [0.25, 0.3) is 22.6 Å². The number of oxime groups is 1. The summed E-state index contributed by atoms with van der Waals surface area (Å²) in [7, 11) is 0. The second-order valence-corrected chi connectivity index (χ2v) is 8.32. The van der Waals surface area contributed by atoms with Crippen LogP contribution in [0.3, 0.4) is 0 Å². The van der Waals surface area contributed by atoms with Gasteiger partial charge in [0.1, 0.15) is 5.69 Å². The molecule has 0 radical (unpaired) electrons. The van der Waals surface area contributed by atoms with Gasteiger partial charge in [-0.05, 0) is 25.2 Å². The second-order valence-electron chi connectivity index (χ2n) is 7.22. The zero-order valence-electron chi connectivity index (χ0n) is 14.8. The van der Waals surface area contributed by atoms with E-state index in [-0.39, 0.29) is 5.25 Å². The normalized spacial score (nSPS) is 25.3. The van der Waals surface area contributed by atoms with Crippen LogP contribution < -0.4 is 0 Å². The molecule has 2 fully saturated rings. The predicted octanol–water partition coefficient (Wildman–Crippen LogP) is 5.73. The molecule has 27 heavy (non-hydrogen) atoms. The Morgan fingerprint density at radius 3 is 2.37 bits per heavy atom. The minimum Gasteiger partial charge on any atom is -0.431 e. The maximum absolute atomic E-state index is 9.48. The number of thioether (sulfide) groups is 1. The molecule has 0 spiro atoms. The molecule has 2 aromatic carbocycles. The highest BCUT2D eigenvalue weighted by atomic mass is 32.2. The van der Waals surface area contributed by atoms with Crippen LogP contribution in [-0.2, 0) is 0 Å². The van der Waals surface area contributed by atoms with E-state index in [1.807, 2.05) is 48.5 Å². The first-order valence-electron chi connectivity index (χ1n) is 9.33. The van der Waals surface area contributed by atoms with Crippen molar-refractivity contribution >= 4 is 17.5 Å². The standard InChI is InChI=1S/C22H20N2O2S/c25-24-19-16-11-12-17(13-16)21(19)27-22-23-18(14-7-3-1-4-8-14)20(26-22)15-9-5-2-6-10-15/h1-10,16-17,21,25H,11-13H2/b24-19+/t16-,17+,21-/m0/s1. The molecule has 1 heterocycles. The van der Waals surface area contributed by atoms with Crippen LogP contribution >= 0.6 is 11.8 Å². The van der Waals surface area contributed by atoms with Crippen LogP contribution in [0.4, 0.5) is 0 Å². The maximum atomic E-state index is 9.48. The van der Waals surface area contributed by atoms with E-state index >= 15 is 0 Å². The molecule has 2 aliphatic carbocycles. The van der Waals surface area contributed by atoms with Crippen molar-refractivity contribution in [2.75, 3.05) is 0 Å². The summed E-state index contributed by atoms with van der Waals surface area (Å²) in [6, 6.07) is 20.2. The minimum absolute atomic E-state index is 0.166. The van der Waals surface area contributed by atoms with Crippen LogP contribution in [0.2, 0.25) is 0 Å². The molecule has 5 heteroatoms. The summed E-state index contributed by atoms with van der Waals surface area (Å²) in [6.45, 7) is 0. The summed E-state index contributed by atoms with van der Waals surface area (Å²) in [5.74, 6) is 1.77. The fourth-order valence-electron chi connectivity index (χ4n) is 4.37. The van der Waals surface area contributed by atoms with Gasteiger partial charge in [-0.3, -0.25) is 0 Å². The number of benzene rings is 2. The lowest BCUT2D eigenvalue weighted by Gasteiger charge is -2.20. The zero-order chi connectivity index (χ0) is 18.2. The smallest absolute Gasteiger partial charge is 0.257 e. The number of hydrogen-bond donors (Lipinski definition) is 1. The molecular weight excluding hydrogens is 356 g/mol. The van der Waals surface area contributed by atoms with Gasteiger partial charge in [-0.1, -0.05) is 77.6 Å². The lowest BCUT2D eigenvalue weighted by atomic mass is 9.98. The summed E-state index contributed by atoms with van der Waals surface area (Å²) < 4.78 is 6.23. The van der Waals surface area contributed by atoms with Gasteiger partial charge in [0.2, 0.25) is 0 Å². The van der Waals surface area contributed by atoms with Gasteiger partial charge in [0.05, 0.1) is 11.0 Å². The number of oxazole rings is 1. The van der Waals surface area contributed by atoms with Gasteiger partial charge in [0.15, 0.2) is 5.76 Å². The Labute approximate surface area is 162 Å². The number of hydrogen-bond acceptors (Lipinski definition) is 5. The van der Waals surface area contributed by atoms with Crippen molar-refractivity contribution in [2.24, 2.45) is 17.0 Å². The molecule has 1 aromatic heterocycles. The summed E-state index contributed by atoms with van der Waals surface area (Å²) in [4.78, 5) is 4.83. The number of rotatable bonds is 4. The van der Waals surface area contributed by atoms with Crippen molar-refractivity contribution in [3.63, 3.8) is 0 Å². The van der Waals surface area contributed by atoms with Gasteiger partial charge >= 0.3 is 0 Å². The molecule has 136 valence electrons. The largest absolute Gasteiger partial charge is 0.431 e. The van der Waals surface area contributed by atoms with Gasteiger partial charge in [-0.15, -0.1) is 0 Å². The summed E-state index contributed by atoms with van der Waals surface area (Å²) in [6.07, 6.45) is 3.45. The van der Waals surface area contributed by atoms with E-state index in [4.69, 9.17) is 9.40 Å². The molecule has 0 amide bonds. The molecule has 2 saturated carbocycles. The fraction of sp³-hybridized carbons (Fsp3) is 0.273. The number of aromatic nitrogens is 1. The number of nitrogens with zero attached hydrogens (tertiary/aromatic N) is 2. The summed E-state index contributed by atoms with van der Waals surface area (Å²) >= 11 is 1.60. The van der Waals surface area contributed by atoms with Gasteiger partial charge in [0, 0.05) is 17.0 Å². The maximum Gasteiger partial charge on any atom is 0.257 e. The van der Waals surface area contributed by atoms with Crippen LogP contribution in [0.1, 0.15) is 19.3 Å². The van der Waals surface area contributed by atoms with E-state index in [0.717, 1.165) is 41.1 Å². The topological polar surface area (TPSA) is 58.6 Å². The summed E-state index contributed by atoms with van der Waals surface area (Å²) in [5, 5.41) is 13.9. The SMILES string of the molecule is O/N=C1\[C@H]2CC[C@H](C2)[C@@H]1Sc1nc(-c2ccccc2)c(-c2ccccc2)o1. The molecule has 3 atom stereocenters. The molecule has 0 saturated heterocycles. The first kappa shape index (κ1) is 16.6. The van der Waals surface area contributed by atoms with Crippen molar-refractivity contribution in [3.05, 3.63) is 60.7 Å². The van der Waals surface area contributed by atoms with E-state index in [2.05, 4.69) is 17.3 Å². The lowest BCUT2D eigenvalue weighted by Crippen LogP contribution is -2.24. The molecule has 0 aliphatic heterocycles. The van der Waals surface area contributed by atoms with E-state index in [0.29, 0.717) is 17.1 Å². The predicted molar refractivity (Wildman–Crippen MR) is 107 cm³/mol. The molecule has 5 rings (SSSR count). The van der Waals surface area contributed by atoms with Gasteiger partial charge in [-0.2, -0.15) is 0 Å². The third-order valence-electron chi connectivity index (χ3n) is 5.65. The van der Waals surface area contributed by atoms with Crippen molar-refractivity contribution in [3.8, 4) is 22.6 Å². The Hall–Kier alpha value is -2.53. The van der Waals surface area contributed by atoms with Crippen LogP contribution in [0.15, 0.2) is 75.5 Å². The van der Waals surface area contributed by atoms with E-state index in [1.54, 1.807) is 11.8 Å². The van der Waals surface area contributed by atoms with Crippen LogP contribution in [0, 0.1) is 11.8 Å². The summed E-state index contributed by atoms with van der Waals surface area (Å²) in [5.41, 5.74) is 3.82. The Bertz CT molecular complexity index is 911. The molecular formula is C22H20N2O2S. The number of fused-ring (bicyclic) bond motifs is 2. The van der Waals surface area contributed by atoms with Crippen LogP contribution in [-0.4, -0.2) is 21.2 Å². The monoisotopic (exact) mass is 376 g/mol. The average molecular weight is 376 g/mol. The van der Waals surface area contributed by atoms with Gasteiger partial charge in [0.25, 0.3) is 5.22 Å². The Morgan fingerprint density at radius 1 is 0.963 bits per heavy atom. The molecule has 4 nitrogen and oxygen atoms in total. The molecule has 2 bridgehead atoms. The van der Waals surface area contributed by atoms with Gasteiger partial charge in [-0.25, -0.2) is 4.98 Å². The molecule has 2 aliphatic rings. The highest BCUT2D eigenvalue weighted by Gasteiger charge is 2.46. The third-order valence-corrected chi connectivity index (χ3v) is 6.90. The molecule has 1 N–H and O–H groups in total. The highest BCUT2D eigenvalue weighted by Crippen LogP contribution is 2.50. The van der Waals surface area contributed by atoms with E-state index in [9.17, 15) is 5.21 Å². The van der Waals surface area contributed by atoms with Crippen molar-refractivity contribution < 1.29 is 9.62 Å². The first-order chi connectivity index (χ1) is 13.3. The van der Waals surface area contributed by atoms with Crippen molar-refractivity contribution in [2.45, 2.75) is 29.7 Å². The molecule has 0 unspecified atom stereocenters. The van der Waals surface area contributed by atoms with Crippen LogP contribution in [0.5, 0.6) is 0 Å². The van der Waals surface area contributed by atoms with E-state index in [1.165, 1.54) is 6.42 Å².